The summed E-state index contributed by atoms with van der Waals surface area (Å²) >= 11 is 0. The zero-order valence-corrected chi connectivity index (χ0v) is 23.0. The molecule has 0 spiro atoms. The molecule has 2 aromatic heterocycles. The molecule has 2 aromatic carbocycles. The Balaban J connectivity index is 1.46. The first-order chi connectivity index (χ1) is 19.5. The largest absolute Gasteiger partial charge is 0.456 e. The molecule has 1 amide bonds. The number of rotatable bonds is 8. The van der Waals surface area contributed by atoms with Crippen LogP contribution in [0.25, 0.3) is 21.9 Å². The predicted molar refractivity (Wildman–Crippen MR) is 144 cm³/mol. The molecule has 4 atom stereocenters. The smallest absolute Gasteiger partial charge is 0.303 e. The van der Waals surface area contributed by atoms with Crippen LogP contribution in [0, 0.1) is 0 Å². The first-order valence-electron chi connectivity index (χ1n) is 12.5. The maximum atomic E-state index is 13.2. The zero-order chi connectivity index (χ0) is 29.3. The van der Waals surface area contributed by atoms with Crippen LogP contribution in [0.3, 0.4) is 0 Å². The number of nitrogens with one attached hydrogen (secondary N) is 2. The van der Waals surface area contributed by atoms with E-state index in [0.29, 0.717) is 0 Å². The van der Waals surface area contributed by atoms with Gasteiger partial charge in [0.2, 0.25) is 15.9 Å². The fraction of sp³-hybridized carbons (Fsp3) is 0.308. The van der Waals surface area contributed by atoms with Crippen molar-refractivity contribution in [2.24, 2.45) is 0 Å². The van der Waals surface area contributed by atoms with Gasteiger partial charge in [0.25, 0.3) is 0 Å². The number of aromatic nitrogens is 4. The van der Waals surface area contributed by atoms with Gasteiger partial charge in [0, 0.05) is 27.3 Å². The van der Waals surface area contributed by atoms with Crippen molar-refractivity contribution >= 4 is 55.6 Å². The van der Waals surface area contributed by atoms with Gasteiger partial charge in [-0.15, -0.1) is 0 Å². The van der Waals surface area contributed by atoms with Gasteiger partial charge in [0.1, 0.15) is 12.4 Å². The highest BCUT2D eigenvalue weighted by Crippen LogP contribution is 2.36. The summed E-state index contributed by atoms with van der Waals surface area (Å²) in [7, 11) is -4.01. The second-order valence-corrected chi connectivity index (χ2v) is 11.1. The number of nitrogens with zero attached hydrogens (tertiary/aromatic N) is 4. The van der Waals surface area contributed by atoms with Crippen LogP contribution in [0.5, 0.6) is 0 Å². The molecule has 1 aliphatic heterocycles. The number of carbonyl (C=O) groups excluding carboxylic acids is 3. The van der Waals surface area contributed by atoms with E-state index >= 15 is 0 Å². The summed E-state index contributed by atoms with van der Waals surface area (Å²) in [6.07, 6.45) is -2.02. The van der Waals surface area contributed by atoms with Crippen LogP contribution in [0.1, 0.15) is 27.0 Å². The molecular formula is C26H26N6O8S. The quantitative estimate of drug-likeness (QED) is 0.289. The van der Waals surface area contributed by atoms with Gasteiger partial charge in [0.15, 0.2) is 35.4 Å². The van der Waals surface area contributed by atoms with E-state index in [1.165, 1.54) is 44.1 Å². The van der Waals surface area contributed by atoms with Crippen LogP contribution < -0.4 is 10.0 Å². The monoisotopic (exact) mass is 582 g/mol. The van der Waals surface area contributed by atoms with Gasteiger partial charge in [-0.25, -0.2) is 28.1 Å². The minimum absolute atomic E-state index is 0.0362. The Bertz CT molecular complexity index is 1760. The van der Waals surface area contributed by atoms with E-state index in [0.717, 1.165) is 10.8 Å². The van der Waals surface area contributed by atoms with E-state index < -0.39 is 46.5 Å². The van der Waals surface area contributed by atoms with E-state index in [9.17, 15) is 22.8 Å². The topological polar surface area (TPSA) is 181 Å². The lowest BCUT2D eigenvalue weighted by molar-refractivity contribution is -0.165. The maximum Gasteiger partial charge on any atom is 0.303 e. The molecule has 14 nitrogen and oxygen atoms in total. The third-order valence-corrected chi connectivity index (χ3v) is 7.74. The van der Waals surface area contributed by atoms with Gasteiger partial charge < -0.3 is 19.5 Å². The van der Waals surface area contributed by atoms with Crippen molar-refractivity contribution in [3.8, 4) is 0 Å². The molecule has 0 saturated carbocycles. The lowest BCUT2D eigenvalue weighted by atomic mass is 10.1. The molecule has 214 valence electrons. The summed E-state index contributed by atoms with van der Waals surface area (Å²) in [5.74, 6) is -1.59. The number of amides is 1. The van der Waals surface area contributed by atoms with Crippen LogP contribution in [0.15, 0.2) is 60.0 Å². The number of carbonyl (C=O) groups is 3. The van der Waals surface area contributed by atoms with E-state index in [4.69, 9.17) is 14.2 Å². The van der Waals surface area contributed by atoms with E-state index in [1.54, 1.807) is 24.3 Å². The second kappa shape index (κ2) is 11.2. The van der Waals surface area contributed by atoms with Gasteiger partial charge in [0.05, 0.1) is 11.2 Å². The van der Waals surface area contributed by atoms with Gasteiger partial charge in [-0.05, 0) is 22.9 Å². The summed E-state index contributed by atoms with van der Waals surface area (Å²) in [5.41, 5.74) is 0.460. The van der Waals surface area contributed by atoms with Crippen LogP contribution in [-0.2, 0) is 38.6 Å². The summed E-state index contributed by atoms with van der Waals surface area (Å²) in [6.45, 7) is 3.35. The number of sulfonamides is 1. The molecule has 15 heteroatoms. The first-order valence-corrected chi connectivity index (χ1v) is 14.0. The molecule has 5 rings (SSSR count). The van der Waals surface area contributed by atoms with Gasteiger partial charge in [-0.3, -0.25) is 19.0 Å². The SMILES string of the molecule is CC(=O)Nc1ncnc2c1ncn2[C@@H]1O[C@H](CNS(=O)(=O)c2ccc3ccccc3c2)[C@@H](OC(C)=O)[C@H]1OC(C)=O. The summed E-state index contributed by atoms with van der Waals surface area (Å²) in [5, 5.41) is 4.19. The lowest BCUT2D eigenvalue weighted by Gasteiger charge is -2.24. The Morgan fingerprint density at radius 2 is 1.66 bits per heavy atom. The molecule has 0 unspecified atom stereocenters. The van der Waals surface area contributed by atoms with Crippen molar-refractivity contribution in [1.82, 2.24) is 24.2 Å². The van der Waals surface area contributed by atoms with Crippen molar-refractivity contribution in [3.63, 3.8) is 0 Å². The molecule has 1 aliphatic rings. The van der Waals surface area contributed by atoms with Crippen molar-refractivity contribution in [1.29, 1.82) is 0 Å². The number of hydrogen-bond acceptors (Lipinski definition) is 11. The Morgan fingerprint density at radius 3 is 2.37 bits per heavy atom. The summed E-state index contributed by atoms with van der Waals surface area (Å²) < 4.78 is 47.5. The average Bonchev–Trinajstić information content (AvgIpc) is 3.48. The van der Waals surface area contributed by atoms with Gasteiger partial charge in [-0.1, -0.05) is 30.3 Å². The molecule has 41 heavy (non-hydrogen) atoms. The second-order valence-electron chi connectivity index (χ2n) is 9.30. The highest BCUT2D eigenvalue weighted by Gasteiger charge is 2.50. The lowest BCUT2D eigenvalue weighted by Crippen LogP contribution is -2.43. The summed E-state index contributed by atoms with van der Waals surface area (Å²) in [4.78, 5) is 48.3. The number of esters is 2. The molecule has 4 aromatic rings. The Hall–Kier alpha value is -4.47. The molecule has 0 radical (unpaired) electrons. The Morgan fingerprint density at radius 1 is 0.951 bits per heavy atom. The van der Waals surface area contributed by atoms with Crippen LogP contribution in [-0.4, -0.2) is 70.6 Å². The molecule has 0 aliphatic carbocycles. The van der Waals surface area contributed by atoms with E-state index in [2.05, 4.69) is 25.0 Å². The molecule has 0 bridgehead atoms. The van der Waals surface area contributed by atoms with E-state index in [-0.39, 0.29) is 34.3 Å². The fourth-order valence-corrected chi connectivity index (χ4v) is 5.73. The molecule has 1 saturated heterocycles. The number of hydrogen-bond donors (Lipinski definition) is 2. The van der Waals surface area contributed by atoms with E-state index in [1.807, 2.05) is 12.1 Å². The minimum atomic E-state index is -4.01. The third kappa shape index (κ3) is 5.86. The zero-order valence-electron chi connectivity index (χ0n) is 22.2. The standard InChI is InChI=1S/C26H26N6O8S/c1-14(33)31-24-21-25(28-12-27-24)32(13-29-21)26-23(39-16(3)35)22(38-15(2)34)20(40-26)11-30-41(36,37)19-9-8-17-6-4-5-7-18(17)10-19/h4-10,12-13,20,22-23,26,30H,11H2,1-3H3,(H,27,28,31,33)/t20-,22-,23-,26-/m1/s1. The number of fused-ring (bicyclic) bond motifs is 2. The third-order valence-electron chi connectivity index (χ3n) is 6.32. The van der Waals surface area contributed by atoms with Crippen LogP contribution >= 0.6 is 0 Å². The van der Waals surface area contributed by atoms with Crippen molar-refractivity contribution in [3.05, 3.63) is 55.1 Å². The van der Waals surface area contributed by atoms with Gasteiger partial charge >= 0.3 is 11.9 Å². The fourth-order valence-electron chi connectivity index (χ4n) is 4.65. The van der Waals surface area contributed by atoms with Crippen molar-refractivity contribution in [2.75, 3.05) is 11.9 Å². The maximum absolute atomic E-state index is 13.2. The normalized spacial score (nSPS) is 20.7. The first kappa shape index (κ1) is 28.1. The predicted octanol–water partition coefficient (Wildman–Crippen LogP) is 1.68. The number of imidazole rings is 1. The molecular weight excluding hydrogens is 556 g/mol. The highest BCUT2D eigenvalue weighted by molar-refractivity contribution is 7.89. The Kier molecular flexibility index (Phi) is 7.66. The van der Waals surface area contributed by atoms with Crippen LogP contribution in [0.2, 0.25) is 0 Å². The van der Waals surface area contributed by atoms with Gasteiger partial charge in [-0.2, -0.15) is 0 Å². The Labute approximate surface area is 234 Å². The molecule has 2 N–H and O–H groups in total. The number of benzene rings is 2. The average molecular weight is 583 g/mol. The minimum Gasteiger partial charge on any atom is -0.456 e. The number of anilines is 1. The van der Waals surface area contributed by atoms with Crippen molar-refractivity contribution in [2.45, 2.75) is 50.2 Å². The van der Waals surface area contributed by atoms with Crippen molar-refractivity contribution < 1.29 is 37.0 Å². The summed E-state index contributed by atoms with van der Waals surface area (Å²) in [6, 6.07) is 12.1. The molecule has 1 fully saturated rings. The molecule has 3 heterocycles. The number of ether oxygens (including phenoxy) is 3. The van der Waals surface area contributed by atoms with Crippen LogP contribution in [0.4, 0.5) is 5.82 Å². The highest BCUT2D eigenvalue weighted by atomic mass is 32.2.